The van der Waals surface area contributed by atoms with Crippen molar-refractivity contribution in [3.63, 3.8) is 0 Å². The van der Waals surface area contributed by atoms with Gasteiger partial charge in [0.2, 0.25) is 0 Å². The van der Waals surface area contributed by atoms with Crippen molar-refractivity contribution in [2.24, 2.45) is 11.8 Å². The van der Waals surface area contributed by atoms with Gasteiger partial charge in [0.25, 0.3) is 5.69 Å². The number of ether oxygens (including phenoxy) is 2. The van der Waals surface area contributed by atoms with Crippen LogP contribution in [0.15, 0.2) is 60.7 Å². The summed E-state index contributed by atoms with van der Waals surface area (Å²) in [7, 11) is 1.37. The first-order valence-corrected chi connectivity index (χ1v) is 18.5. The van der Waals surface area contributed by atoms with Crippen LogP contribution in [0.3, 0.4) is 0 Å². The van der Waals surface area contributed by atoms with Crippen molar-refractivity contribution < 1.29 is 19.2 Å². The van der Waals surface area contributed by atoms with E-state index in [4.69, 9.17) is 51.1 Å². The summed E-state index contributed by atoms with van der Waals surface area (Å²) in [5, 5.41) is 27.4. The Labute approximate surface area is 322 Å². The van der Waals surface area contributed by atoms with Gasteiger partial charge in [-0.25, -0.2) is 4.79 Å². The molecule has 2 saturated heterocycles. The van der Waals surface area contributed by atoms with Gasteiger partial charge in [-0.2, -0.15) is 0 Å². The molecule has 0 aliphatic carbocycles. The number of nitrogens with zero attached hydrogens (tertiary/aromatic N) is 7. The van der Waals surface area contributed by atoms with E-state index < -0.39 is 0 Å². The van der Waals surface area contributed by atoms with Crippen molar-refractivity contribution in [2.45, 2.75) is 44.9 Å². The second kappa shape index (κ2) is 19.2. The molecule has 276 valence electrons. The lowest BCUT2D eigenvalue weighted by Crippen LogP contribution is -2.34. The van der Waals surface area contributed by atoms with E-state index in [1.165, 1.54) is 7.11 Å². The number of aryl methyl sites for hydroxylation is 1. The van der Waals surface area contributed by atoms with Crippen LogP contribution in [-0.4, -0.2) is 71.2 Å². The minimum Gasteiger partial charge on any atom is -0.494 e. The average Bonchev–Trinajstić information content (AvgIpc) is 3.17. The van der Waals surface area contributed by atoms with Crippen LogP contribution in [0.25, 0.3) is 0 Å². The molecule has 2 aromatic heterocycles. The summed E-state index contributed by atoms with van der Waals surface area (Å²) in [6.45, 7) is 4.27. The number of non-ortho nitro benzene ring substituents is 1. The molecule has 0 radical (unpaired) electrons. The van der Waals surface area contributed by atoms with Crippen molar-refractivity contribution in [2.75, 3.05) is 49.7 Å². The van der Waals surface area contributed by atoms with E-state index >= 15 is 0 Å². The van der Waals surface area contributed by atoms with Crippen LogP contribution in [0.5, 0.6) is 5.75 Å². The normalized spacial score (nSPS) is 15.1. The summed E-state index contributed by atoms with van der Waals surface area (Å²) >= 11 is 24.1. The van der Waals surface area contributed by atoms with Crippen LogP contribution in [0.4, 0.5) is 17.1 Å². The predicted molar refractivity (Wildman–Crippen MR) is 203 cm³/mol. The summed E-state index contributed by atoms with van der Waals surface area (Å²) in [6.07, 6.45) is 7.25. The topological polar surface area (TPSA) is 137 Å². The number of esters is 1. The molecular formula is C36H39Cl4N7O5. The molecule has 4 aromatic rings. The molecule has 6 rings (SSSR count). The third kappa shape index (κ3) is 11.3. The van der Waals surface area contributed by atoms with Crippen molar-refractivity contribution in [3.8, 4) is 5.75 Å². The smallest absolute Gasteiger partial charge is 0.337 e. The molecule has 0 saturated carbocycles. The molecule has 52 heavy (non-hydrogen) atoms. The second-order valence-electron chi connectivity index (χ2n) is 12.7. The maximum atomic E-state index is 11.4. The van der Waals surface area contributed by atoms with Crippen molar-refractivity contribution >= 4 is 69.4 Å². The Morgan fingerprint density at radius 2 is 1.27 bits per heavy atom. The molecule has 4 heterocycles. The molecule has 2 fully saturated rings. The number of methoxy groups -OCH3 is 1. The molecule has 2 aliphatic rings. The number of hydrogen-bond acceptors (Lipinski definition) is 11. The molecule has 12 nitrogen and oxygen atoms in total. The number of halogens is 4. The van der Waals surface area contributed by atoms with Crippen LogP contribution < -0.4 is 14.5 Å². The lowest BCUT2D eigenvalue weighted by molar-refractivity contribution is -0.384. The van der Waals surface area contributed by atoms with E-state index in [0.717, 1.165) is 93.8 Å². The first kappa shape index (κ1) is 39.2. The number of nitro groups is 1. The Morgan fingerprint density at radius 1 is 0.769 bits per heavy atom. The molecule has 0 N–H and O–H groups in total. The van der Waals surface area contributed by atoms with Crippen molar-refractivity contribution in [1.82, 2.24) is 20.4 Å². The highest BCUT2D eigenvalue weighted by molar-refractivity contribution is 6.34. The highest BCUT2D eigenvalue weighted by Gasteiger charge is 2.23. The molecule has 0 bridgehead atoms. The highest BCUT2D eigenvalue weighted by atomic mass is 35.5. The fraction of sp³-hybridized carbons (Fsp3) is 0.417. The van der Waals surface area contributed by atoms with E-state index in [9.17, 15) is 14.9 Å². The summed E-state index contributed by atoms with van der Waals surface area (Å²) in [4.78, 5) is 26.1. The van der Waals surface area contributed by atoms with Gasteiger partial charge in [0.15, 0.2) is 20.6 Å². The maximum Gasteiger partial charge on any atom is 0.337 e. The zero-order valence-electron chi connectivity index (χ0n) is 28.6. The Morgan fingerprint density at radius 3 is 1.75 bits per heavy atom. The second-order valence-corrected chi connectivity index (χ2v) is 14.2. The number of rotatable bonds is 11. The lowest BCUT2D eigenvalue weighted by atomic mass is 9.90. The third-order valence-electron chi connectivity index (χ3n) is 9.37. The fourth-order valence-electron chi connectivity index (χ4n) is 6.36. The summed E-state index contributed by atoms with van der Waals surface area (Å²) < 4.78 is 10.5. The van der Waals surface area contributed by atoms with E-state index in [2.05, 4.69) is 34.9 Å². The van der Waals surface area contributed by atoms with Crippen LogP contribution in [0.1, 0.15) is 54.4 Å². The van der Waals surface area contributed by atoms with E-state index in [0.29, 0.717) is 44.6 Å². The summed E-state index contributed by atoms with van der Waals surface area (Å²) in [5.74, 6) is 1.64. The minimum atomic E-state index is -0.370. The standard InChI is InChI=1S/C19H21Cl2N3O3.C17H18Cl2N4O2/c1-26-19(25)14-2-4-15(5-3-14)27-11-8-13-6-9-24(10-7-13)16-12-17(20)22-23-18(16)21;18-16-11-15(17(19)21-20-16)22-9-7-13(8-10-22)2-1-12-3-5-14(6-4-12)23(24)25/h2-5,12-13H,6-11H2,1H3;3-6,11,13H,1-2,7-10H2. The molecule has 2 aromatic carbocycles. The molecular weight excluding hydrogens is 752 g/mol. The number of benzene rings is 2. The number of carbonyl (C=O) groups excluding carboxylic acids is 1. The van der Waals surface area contributed by atoms with Crippen LogP contribution in [0, 0.1) is 22.0 Å². The molecule has 0 spiro atoms. The fourth-order valence-corrected chi connectivity index (χ4v) is 7.07. The van der Waals surface area contributed by atoms with E-state index in [1.54, 1.807) is 48.5 Å². The van der Waals surface area contributed by atoms with Gasteiger partial charge in [0.05, 0.1) is 35.6 Å². The van der Waals surface area contributed by atoms with Crippen LogP contribution in [0.2, 0.25) is 20.6 Å². The number of anilines is 2. The Balaban J connectivity index is 0.000000202. The van der Waals surface area contributed by atoms with Gasteiger partial charge in [-0.3, -0.25) is 10.1 Å². The largest absolute Gasteiger partial charge is 0.494 e. The Kier molecular flexibility index (Phi) is 14.5. The van der Waals surface area contributed by atoms with E-state index in [1.807, 2.05) is 12.1 Å². The van der Waals surface area contributed by atoms with Crippen LogP contribution >= 0.6 is 46.4 Å². The van der Waals surface area contributed by atoms with Crippen molar-refractivity contribution in [1.29, 1.82) is 0 Å². The molecule has 2 aliphatic heterocycles. The Hall–Kier alpha value is -3.97. The van der Waals surface area contributed by atoms with Crippen LogP contribution in [-0.2, 0) is 11.2 Å². The van der Waals surface area contributed by atoms with Gasteiger partial charge in [-0.05, 0) is 86.6 Å². The first-order chi connectivity index (χ1) is 25.1. The quantitative estimate of drug-likeness (QED) is 0.0819. The molecule has 0 amide bonds. The van der Waals surface area contributed by atoms with Gasteiger partial charge in [-0.1, -0.05) is 58.5 Å². The van der Waals surface area contributed by atoms with Gasteiger partial charge >= 0.3 is 5.97 Å². The SMILES string of the molecule is COC(=O)c1ccc(OCCC2CCN(c3cc(Cl)nnc3Cl)CC2)cc1.O=[N+]([O-])c1ccc(CCC2CCN(c3cc(Cl)nnc3Cl)CC2)cc1. The third-order valence-corrected chi connectivity index (χ3v) is 10.3. The molecule has 16 heteroatoms. The van der Waals surface area contributed by atoms with Gasteiger partial charge in [-0.15, -0.1) is 20.4 Å². The zero-order valence-corrected chi connectivity index (χ0v) is 31.6. The minimum absolute atomic E-state index is 0.138. The van der Waals surface area contributed by atoms with Gasteiger partial charge in [0.1, 0.15) is 5.75 Å². The first-order valence-electron chi connectivity index (χ1n) is 17.0. The maximum absolute atomic E-state index is 11.4. The predicted octanol–water partition coefficient (Wildman–Crippen LogP) is 8.80. The highest BCUT2D eigenvalue weighted by Crippen LogP contribution is 2.32. The summed E-state index contributed by atoms with van der Waals surface area (Å²) in [6, 6.07) is 17.3. The number of hydrogen-bond donors (Lipinski definition) is 0. The average molecular weight is 792 g/mol. The summed E-state index contributed by atoms with van der Waals surface area (Å²) in [5.41, 5.74) is 3.48. The lowest BCUT2D eigenvalue weighted by Gasteiger charge is -2.33. The number of piperidine rings is 2. The van der Waals surface area contributed by atoms with Gasteiger partial charge in [0, 0.05) is 50.4 Å². The number of carbonyl (C=O) groups is 1. The van der Waals surface area contributed by atoms with E-state index in [-0.39, 0.29) is 16.6 Å². The Bertz CT molecular complexity index is 1790. The van der Waals surface area contributed by atoms with Gasteiger partial charge < -0.3 is 19.3 Å². The molecule has 0 atom stereocenters. The monoisotopic (exact) mass is 789 g/mol. The zero-order chi connectivity index (χ0) is 37.0. The number of aromatic nitrogens is 4. The number of nitro benzene ring substituents is 1. The molecule has 0 unspecified atom stereocenters. The van der Waals surface area contributed by atoms with Crippen molar-refractivity contribution in [3.05, 3.63) is 103 Å².